The third-order valence-corrected chi connectivity index (χ3v) is 2.46. The summed E-state index contributed by atoms with van der Waals surface area (Å²) in [5, 5.41) is 0. The Balaban J connectivity index is 2.19. The van der Waals surface area contributed by atoms with Gasteiger partial charge in [-0.1, -0.05) is 0 Å². The standard InChI is InChI=1S/C10H15FN4O/c1-6-4-15(5-7(2)16-6)10-13-3-8(11)9(12)14-10/h3,6-7H,4-5H2,1-2H3,(H2,12,13,14)/t6-,7+. The first-order chi connectivity index (χ1) is 7.56. The summed E-state index contributed by atoms with van der Waals surface area (Å²) < 4.78 is 18.5. The lowest BCUT2D eigenvalue weighted by Gasteiger charge is -2.35. The van der Waals surface area contributed by atoms with Crippen LogP contribution in [0.1, 0.15) is 13.8 Å². The number of nitrogen functional groups attached to an aromatic ring is 1. The van der Waals surface area contributed by atoms with Gasteiger partial charge in [-0.3, -0.25) is 0 Å². The summed E-state index contributed by atoms with van der Waals surface area (Å²) in [6.45, 7) is 5.34. The van der Waals surface area contributed by atoms with Gasteiger partial charge in [0.15, 0.2) is 11.6 Å². The maximum Gasteiger partial charge on any atom is 0.227 e. The summed E-state index contributed by atoms with van der Waals surface area (Å²) in [6.07, 6.45) is 1.32. The molecule has 0 unspecified atom stereocenters. The number of nitrogens with zero attached hydrogens (tertiary/aromatic N) is 3. The lowest BCUT2D eigenvalue weighted by molar-refractivity contribution is -0.00571. The predicted molar refractivity (Wildman–Crippen MR) is 58.6 cm³/mol. The minimum Gasteiger partial charge on any atom is -0.381 e. The fourth-order valence-corrected chi connectivity index (χ4v) is 1.86. The molecule has 0 amide bonds. The van der Waals surface area contributed by atoms with Gasteiger partial charge in [-0.25, -0.2) is 9.37 Å². The lowest BCUT2D eigenvalue weighted by Crippen LogP contribution is -2.46. The Morgan fingerprint density at radius 3 is 2.62 bits per heavy atom. The summed E-state index contributed by atoms with van der Waals surface area (Å²) >= 11 is 0. The maximum absolute atomic E-state index is 12.9. The summed E-state index contributed by atoms with van der Waals surface area (Å²) in [5.41, 5.74) is 5.41. The number of halogens is 1. The Bertz CT molecular complexity index is 377. The number of morpholine rings is 1. The summed E-state index contributed by atoms with van der Waals surface area (Å²) in [4.78, 5) is 9.82. The molecule has 0 aliphatic carbocycles. The fourth-order valence-electron chi connectivity index (χ4n) is 1.86. The van der Waals surface area contributed by atoms with E-state index in [1.54, 1.807) is 0 Å². The molecule has 1 aromatic heterocycles. The molecular formula is C10H15FN4O. The van der Waals surface area contributed by atoms with Crippen LogP contribution in [0.25, 0.3) is 0 Å². The molecule has 1 fully saturated rings. The van der Waals surface area contributed by atoms with Crippen molar-refractivity contribution in [1.82, 2.24) is 9.97 Å². The average molecular weight is 226 g/mol. The average Bonchev–Trinajstić information content (AvgIpc) is 2.20. The molecule has 1 aliphatic heterocycles. The van der Waals surface area contributed by atoms with Crippen molar-refractivity contribution in [3.05, 3.63) is 12.0 Å². The molecule has 1 aliphatic rings. The fraction of sp³-hybridized carbons (Fsp3) is 0.600. The van der Waals surface area contributed by atoms with Crippen molar-refractivity contribution >= 4 is 11.8 Å². The maximum atomic E-state index is 12.9. The Morgan fingerprint density at radius 1 is 1.44 bits per heavy atom. The van der Waals surface area contributed by atoms with E-state index in [9.17, 15) is 4.39 Å². The predicted octanol–water partition coefficient (Wildman–Crippen LogP) is 0.811. The number of rotatable bonds is 1. The molecule has 0 spiro atoms. The van der Waals surface area contributed by atoms with Gasteiger partial charge in [0, 0.05) is 13.1 Å². The zero-order chi connectivity index (χ0) is 11.7. The van der Waals surface area contributed by atoms with Crippen LogP contribution in [0.5, 0.6) is 0 Å². The monoisotopic (exact) mass is 226 g/mol. The second kappa shape index (κ2) is 4.21. The molecule has 2 atom stereocenters. The van der Waals surface area contributed by atoms with Crippen molar-refractivity contribution in [3.8, 4) is 0 Å². The molecule has 1 saturated heterocycles. The van der Waals surface area contributed by atoms with Gasteiger partial charge >= 0.3 is 0 Å². The van der Waals surface area contributed by atoms with Crippen molar-refractivity contribution in [2.24, 2.45) is 0 Å². The van der Waals surface area contributed by atoms with Crippen LogP contribution in [0.4, 0.5) is 16.2 Å². The highest BCUT2D eigenvalue weighted by molar-refractivity contribution is 5.39. The number of anilines is 2. The second-order valence-electron chi connectivity index (χ2n) is 4.07. The summed E-state index contributed by atoms with van der Waals surface area (Å²) in [6, 6.07) is 0. The Morgan fingerprint density at radius 2 is 2.06 bits per heavy atom. The molecule has 2 heterocycles. The Kier molecular flexibility index (Phi) is 2.91. The van der Waals surface area contributed by atoms with E-state index in [4.69, 9.17) is 10.5 Å². The van der Waals surface area contributed by atoms with Gasteiger partial charge in [-0.2, -0.15) is 4.98 Å². The van der Waals surface area contributed by atoms with E-state index in [-0.39, 0.29) is 18.0 Å². The molecule has 1 aromatic rings. The number of ether oxygens (including phenoxy) is 1. The molecular weight excluding hydrogens is 211 g/mol. The molecule has 0 radical (unpaired) electrons. The zero-order valence-corrected chi connectivity index (χ0v) is 9.35. The zero-order valence-electron chi connectivity index (χ0n) is 9.35. The van der Waals surface area contributed by atoms with Gasteiger partial charge < -0.3 is 15.4 Å². The highest BCUT2D eigenvalue weighted by atomic mass is 19.1. The quantitative estimate of drug-likeness (QED) is 0.767. The van der Waals surface area contributed by atoms with E-state index < -0.39 is 5.82 Å². The normalized spacial score (nSPS) is 25.8. The first-order valence-electron chi connectivity index (χ1n) is 5.24. The highest BCUT2D eigenvalue weighted by Crippen LogP contribution is 2.17. The van der Waals surface area contributed by atoms with Crippen molar-refractivity contribution in [3.63, 3.8) is 0 Å². The largest absolute Gasteiger partial charge is 0.381 e. The molecule has 0 saturated carbocycles. The van der Waals surface area contributed by atoms with Crippen LogP contribution in [0, 0.1) is 5.82 Å². The Hall–Kier alpha value is -1.43. The Labute approximate surface area is 93.4 Å². The van der Waals surface area contributed by atoms with Gasteiger partial charge in [-0.05, 0) is 13.8 Å². The van der Waals surface area contributed by atoms with Crippen molar-refractivity contribution in [2.45, 2.75) is 26.1 Å². The van der Waals surface area contributed by atoms with Crippen molar-refractivity contribution in [1.29, 1.82) is 0 Å². The molecule has 16 heavy (non-hydrogen) atoms. The molecule has 2 rings (SSSR count). The van der Waals surface area contributed by atoms with E-state index in [1.807, 2.05) is 18.7 Å². The van der Waals surface area contributed by atoms with Crippen LogP contribution in [0.15, 0.2) is 6.20 Å². The molecule has 88 valence electrons. The summed E-state index contributed by atoms with van der Waals surface area (Å²) in [7, 11) is 0. The van der Waals surface area contributed by atoms with Crippen molar-refractivity contribution in [2.75, 3.05) is 23.7 Å². The number of hydrogen-bond acceptors (Lipinski definition) is 5. The van der Waals surface area contributed by atoms with E-state index in [1.165, 1.54) is 0 Å². The van der Waals surface area contributed by atoms with Crippen LogP contribution in [-0.4, -0.2) is 35.3 Å². The lowest BCUT2D eigenvalue weighted by atomic mass is 10.2. The van der Waals surface area contributed by atoms with E-state index in [2.05, 4.69) is 9.97 Å². The summed E-state index contributed by atoms with van der Waals surface area (Å²) in [5.74, 6) is -0.240. The van der Waals surface area contributed by atoms with Crippen LogP contribution in [0.2, 0.25) is 0 Å². The molecule has 0 aromatic carbocycles. The van der Waals surface area contributed by atoms with Crippen molar-refractivity contribution < 1.29 is 9.13 Å². The number of nitrogens with two attached hydrogens (primary N) is 1. The van der Waals surface area contributed by atoms with Gasteiger partial charge in [0.25, 0.3) is 0 Å². The van der Waals surface area contributed by atoms with Crippen LogP contribution >= 0.6 is 0 Å². The van der Waals surface area contributed by atoms with E-state index in [0.29, 0.717) is 19.0 Å². The molecule has 5 nitrogen and oxygen atoms in total. The van der Waals surface area contributed by atoms with E-state index in [0.717, 1.165) is 6.20 Å². The van der Waals surface area contributed by atoms with E-state index >= 15 is 0 Å². The molecule has 2 N–H and O–H groups in total. The van der Waals surface area contributed by atoms with Gasteiger partial charge in [0.2, 0.25) is 5.95 Å². The minimum atomic E-state index is -0.585. The first-order valence-corrected chi connectivity index (χ1v) is 5.24. The highest BCUT2D eigenvalue weighted by Gasteiger charge is 2.24. The molecule has 6 heteroatoms. The number of hydrogen-bond donors (Lipinski definition) is 1. The topological polar surface area (TPSA) is 64.3 Å². The smallest absolute Gasteiger partial charge is 0.227 e. The van der Waals surface area contributed by atoms with Gasteiger partial charge in [-0.15, -0.1) is 0 Å². The second-order valence-corrected chi connectivity index (χ2v) is 4.07. The van der Waals surface area contributed by atoms with Crippen LogP contribution < -0.4 is 10.6 Å². The van der Waals surface area contributed by atoms with Gasteiger partial charge in [0.05, 0.1) is 18.4 Å². The third kappa shape index (κ3) is 2.21. The van der Waals surface area contributed by atoms with Gasteiger partial charge in [0.1, 0.15) is 0 Å². The first kappa shape index (κ1) is 11.1. The SMILES string of the molecule is C[C@@H]1CN(c2ncc(F)c(N)n2)C[C@H](C)O1. The third-order valence-electron chi connectivity index (χ3n) is 2.46. The van der Waals surface area contributed by atoms with Crippen LogP contribution in [0.3, 0.4) is 0 Å². The number of aromatic nitrogens is 2. The van der Waals surface area contributed by atoms with Crippen LogP contribution in [-0.2, 0) is 4.74 Å². The minimum absolute atomic E-state index is 0.110. The molecule has 0 bridgehead atoms.